The predicted molar refractivity (Wildman–Crippen MR) is 94.4 cm³/mol. The van der Waals surface area contributed by atoms with Gasteiger partial charge in [0.25, 0.3) is 0 Å². The lowest BCUT2D eigenvalue weighted by atomic mass is 10.0. The molecule has 142 valence electrons. The molecule has 1 unspecified atom stereocenters. The van der Waals surface area contributed by atoms with Crippen molar-refractivity contribution in [1.29, 1.82) is 0 Å². The van der Waals surface area contributed by atoms with E-state index in [1.165, 1.54) is 0 Å². The summed E-state index contributed by atoms with van der Waals surface area (Å²) in [4.78, 5) is 3.93. The van der Waals surface area contributed by atoms with Crippen molar-refractivity contribution in [3.63, 3.8) is 0 Å². The molecule has 1 aliphatic rings. The Morgan fingerprint density at radius 2 is 1.85 bits per heavy atom. The molecule has 3 rings (SSSR count). The lowest BCUT2D eigenvalue weighted by Gasteiger charge is -2.35. The van der Waals surface area contributed by atoms with Gasteiger partial charge in [-0.25, -0.2) is 0 Å². The normalized spacial score (nSPS) is 17.5. The Bertz CT molecular complexity index is 757. The minimum Gasteiger partial charge on any atom is -0.387 e. The lowest BCUT2D eigenvalue weighted by Crippen LogP contribution is -2.47. The summed E-state index contributed by atoms with van der Waals surface area (Å²) in [7, 11) is 0. The Morgan fingerprint density at radius 1 is 1.15 bits per heavy atom. The number of anilines is 1. The summed E-state index contributed by atoms with van der Waals surface area (Å²) < 4.78 is 37.9. The van der Waals surface area contributed by atoms with Crippen LogP contribution in [0.3, 0.4) is 0 Å². The molecule has 2 aromatic rings. The lowest BCUT2D eigenvalue weighted by molar-refractivity contribution is -0.138. The first-order valence-corrected chi connectivity index (χ1v) is 9.19. The SMILES string of the molecule is Cc1ccc(C)c(C(O)CN2CCN(c3nnc(C(F)(F)F)s3)CC2)c1. The summed E-state index contributed by atoms with van der Waals surface area (Å²) in [6.07, 6.45) is -5.03. The monoisotopic (exact) mass is 386 g/mol. The van der Waals surface area contributed by atoms with Crippen molar-refractivity contribution in [1.82, 2.24) is 15.1 Å². The number of hydrogen-bond donors (Lipinski definition) is 1. The highest BCUT2D eigenvalue weighted by Crippen LogP contribution is 2.34. The van der Waals surface area contributed by atoms with Gasteiger partial charge in [0.1, 0.15) is 0 Å². The third-order valence-electron chi connectivity index (χ3n) is 4.52. The number of aryl methyl sites for hydroxylation is 2. The second kappa shape index (κ2) is 7.50. The number of benzene rings is 1. The van der Waals surface area contributed by atoms with Gasteiger partial charge < -0.3 is 10.0 Å². The number of alkyl halides is 3. The summed E-state index contributed by atoms with van der Waals surface area (Å²) in [5, 5.41) is 16.8. The number of aromatic nitrogens is 2. The Morgan fingerprint density at radius 3 is 2.46 bits per heavy atom. The highest BCUT2D eigenvalue weighted by atomic mass is 32.1. The Hall–Kier alpha value is -1.71. The van der Waals surface area contributed by atoms with Crippen LogP contribution in [0.15, 0.2) is 18.2 Å². The fourth-order valence-electron chi connectivity index (χ4n) is 3.04. The number of aliphatic hydroxyl groups excluding tert-OH is 1. The molecule has 5 nitrogen and oxygen atoms in total. The minimum atomic E-state index is -4.45. The number of hydrogen-bond acceptors (Lipinski definition) is 6. The molecule has 1 aromatic heterocycles. The van der Waals surface area contributed by atoms with Crippen LogP contribution in [0.1, 0.15) is 27.8 Å². The van der Waals surface area contributed by atoms with Crippen LogP contribution in [-0.2, 0) is 6.18 Å². The van der Waals surface area contributed by atoms with Crippen LogP contribution in [-0.4, -0.2) is 52.9 Å². The second-order valence-electron chi connectivity index (χ2n) is 6.55. The molecular formula is C17H21F3N4OS. The molecule has 0 aliphatic carbocycles. The van der Waals surface area contributed by atoms with Crippen LogP contribution in [0, 0.1) is 13.8 Å². The third kappa shape index (κ3) is 4.33. The summed E-state index contributed by atoms with van der Waals surface area (Å²) in [5.41, 5.74) is 3.08. The molecule has 1 fully saturated rings. The zero-order valence-corrected chi connectivity index (χ0v) is 15.4. The van der Waals surface area contributed by atoms with E-state index in [0.29, 0.717) is 49.2 Å². The van der Waals surface area contributed by atoms with Crippen LogP contribution in [0.4, 0.5) is 18.3 Å². The number of aliphatic hydroxyl groups is 1. The summed E-state index contributed by atoms with van der Waals surface area (Å²) in [6, 6.07) is 6.01. The van der Waals surface area contributed by atoms with E-state index < -0.39 is 17.3 Å². The van der Waals surface area contributed by atoms with Crippen molar-refractivity contribution in [2.75, 3.05) is 37.6 Å². The van der Waals surface area contributed by atoms with Crippen molar-refractivity contribution >= 4 is 16.5 Å². The molecule has 1 aromatic carbocycles. The van der Waals surface area contributed by atoms with Crippen LogP contribution < -0.4 is 4.90 Å². The van der Waals surface area contributed by atoms with Gasteiger partial charge in [0, 0.05) is 32.7 Å². The van der Waals surface area contributed by atoms with Crippen LogP contribution in [0.2, 0.25) is 0 Å². The third-order valence-corrected chi connectivity index (χ3v) is 5.55. The quantitative estimate of drug-likeness (QED) is 0.876. The highest BCUT2D eigenvalue weighted by molar-refractivity contribution is 7.15. The molecule has 0 saturated carbocycles. The number of halogens is 3. The molecule has 2 heterocycles. The average Bonchev–Trinajstić information content (AvgIpc) is 3.08. The van der Waals surface area contributed by atoms with E-state index in [4.69, 9.17) is 0 Å². The molecule has 0 radical (unpaired) electrons. The molecule has 1 atom stereocenters. The van der Waals surface area contributed by atoms with Gasteiger partial charge in [0.15, 0.2) is 0 Å². The van der Waals surface area contributed by atoms with Gasteiger partial charge in [-0.15, -0.1) is 10.2 Å². The van der Waals surface area contributed by atoms with Gasteiger partial charge in [-0.3, -0.25) is 4.90 Å². The average molecular weight is 386 g/mol. The van der Waals surface area contributed by atoms with E-state index in [1.807, 2.05) is 36.9 Å². The van der Waals surface area contributed by atoms with Gasteiger partial charge in [-0.05, 0) is 25.0 Å². The molecular weight excluding hydrogens is 365 g/mol. The molecule has 0 bridgehead atoms. The number of rotatable bonds is 4. The van der Waals surface area contributed by atoms with E-state index in [-0.39, 0.29) is 0 Å². The standard InChI is InChI=1S/C17H21F3N4OS/c1-11-3-4-12(2)13(9-11)14(25)10-23-5-7-24(8-6-23)16-22-21-15(26-16)17(18,19)20/h3-4,9,14,25H,5-8,10H2,1-2H3. The molecule has 1 aliphatic heterocycles. The molecule has 26 heavy (non-hydrogen) atoms. The van der Waals surface area contributed by atoms with Crippen molar-refractivity contribution < 1.29 is 18.3 Å². The number of piperazine rings is 1. The number of nitrogens with zero attached hydrogens (tertiary/aromatic N) is 4. The van der Waals surface area contributed by atoms with Gasteiger partial charge in [0.05, 0.1) is 6.10 Å². The zero-order chi connectivity index (χ0) is 18.9. The van der Waals surface area contributed by atoms with Crippen molar-refractivity contribution in [3.05, 3.63) is 39.9 Å². The Kier molecular flexibility index (Phi) is 5.50. The number of β-amino-alcohol motifs (C(OH)–C–C–N with tert-alkyl or cyclic N) is 1. The molecule has 1 N–H and O–H groups in total. The Labute approximate surface area is 154 Å². The van der Waals surface area contributed by atoms with Crippen LogP contribution in [0.5, 0.6) is 0 Å². The minimum absolute atomic E-state index is 0.298. The molecule has 9 heteroatoms. The van der Waals surface area contributed by atoms with Crippen LogP contribution >= 0.6 is 11.3 Å². The topological polar surface area (TPSA) is 52.5 Å². The predicted octanol–water partition coefficient (Wildman–Crippen LogP) is 3.03. The molecule has 0 spiro atoms. The maximum atomic E-state index is 12.6. The fourth-order valence-corrected chi connectivity index (χ4v) is 3.81. The van der Waals surface area contributed by atoms with Crippen molar-refractivity contribution in [2.45, 2.75) is 26.1 Å². The highest BCUT2D eigenvalue weighted by Gasteiger charge is 2.36. The van der Waals surface area contributed by atoms with E-state index >= 15 is 0 Å². The maximum absolute atomic E-state index is 12.6. The fraction of sp³-hybridized carbons (Fsp3) is 0.529. The smallest absolute Gasteiger partial charge is 0.387 e. The van der Waals surface area contributed by atoms with E-state index in [0.717, 1.165) is 16.7 Å². The Balaban J connectivity index is 1.57. The first-order valence-electron chi connectivity index (χ1n) is 8.37. The van der Waals surface area contributed by atoms with Crippen molar-refractivity contribution in [2.24, 2.45) is 0 Å². The summed E-state index contributed by atoms with van der Waals surface area (Å²) in [6.45, 7) is 6.90. The van der Waals surface area contributed by atoms with E-state index in [1.54, 1.807) is 0 Å². The largest absolute Gasteiger partial charge is 0.445 e. The van der Waals surface area contributed by atoms with Gasteiger partial charge in [0.2, 0.25) is 10.1 Å². The maximum Gasteiger partial charge on any atom is 0.445 e. The summed E-state index contributed by atoms with van der Waals surface area (Å²) in [5.74, 6) is 0. The van der Waals surface area contributed by atoms with Crippen LogP contribution in [0.25, 0.3) is 0 Å². The second-order valence-corrected chi connectivity index (χ2v) is 7.51. The van der Waals surface area contributed by atoms with Gasteiger partial charge >= 0.3 is 6.18 Å². The van der Waals surface area contributed by atoms with Gasteiger partial charge in [-0.1, -0.05) is 35.1 Å². The van der Waals surface area contributed by atoms with Gasteiger partial charge in [-0.2, -0.15) is 13.2 Å². The first kappa shape index (κ1) is 19.1. The first-order chi connectivity index (χ1) is 12.2. The van der Waals surface area contributed by atoms with E-state index in [2.05, 4.69) is 15.1 Å². The molecule has 1 saturated heterocycles. The molecule has 0 amide bonds. The zero-order valence-electron chi connectivity index (χ0n) is 14.6. The van der Waals surface area contributed by atoms with E-state index in [9.17, 15) is 18.3 Å². The van der Waals surface area contributed by atoms with Crippen molar-refractivity contribution in [3.8, 4) is 0 Å². The summed E-state index contributed by atoms with van der Waals surface area (Å²) >= 11 is 0.573.